The van der Waals surface area contributed by atoms with Crippen molar-refractivity contribution in [2.75, 3.05) is 20.2 Å². The molecule has 1 amide bonds. The van der Waals surface area contributed by atoms with Crippen molar-refractivity contribution in [3.8, 4) is 5.75 Å². The zero-order valence-corrected chi connectivity index (χ0v) is 12.7. The molecule has 2 rings (SSSR count). The molecule has 1 unspecified atom stereocenters. The summed E-state index contributed by atoms with van der Waals surface area (Å²) in [7, 11) is 1.68. The maximum atomic E-state index is 12.1. The largest absolute Gasteiger partial charge is 0.496 e. The van der Waals surface area contributed by atoms with E-state index in [1.807, 2.05) is 39.0 Å². The quantitative estimate of drug-likeness (QED) is 0.831. The van der Waals surface area contributed by atoms with Crippen molar-refractivity contribution < 1.29 is 14.3 Å². The summed E-state index contributed by atoms with van der Waals surface area (Å²) in [5, 5.41) is 0. The molecule has 110 valence electrons. The maximum absolute atomic E-state index is 12.1. The highest BCUT2D eigenvalue weighted by Crippen LogP contribution is 2.33. The van der Waals surface area contributed by atoms with E-state index in [0.717, 1.165) is 18.7 Å². The molecule has 0 radical (unpaired) electrons. The molecular formula is C16H23NO3. The third-order valence-electron chi connectivity index (χ3n) is 3.42. The van der Waals surface area contributed by atoms with Crippen molar-refractivity contribution in [1.82, 2.24) is 4.90 Å². The Hall–Kier alpha value is -1.71. The van der Waals surface area contributed by atoms with Gasteiger partial charge in [0.2, 0.25) is 0 Å². The number of hydrogen-bond acceptors (Lipinski definition) is 3. The van der Waals surface area contributed by atoms with Crippen LogP contribution in [0.2, 0.25) is 0 Å². The average molecular weight is 277 g/mol. The number of hydrogen-bond donors (Lipinski definition) is 0. The van der Waals surface area contributed by atoms with E-state index in [1.54, 1.807) is 12.0 Å². The van der Waals surface area contributed by atoms with Gasteiger partial charge in [-0.3, -0.25) is 0 Å². The van der Waals surface area contributed by atoms with Crippen molar-refractivity contribution in [2.24, 2.45) is 0 Å². The zero-order chi connectivity index (χ0) is 14.8. The van der Waals surface area contributed by atoms with Gasteiger partial charge in [0.05, 0.1) is 7.11 Å². The number of para-hydroxylation sites is 1. The highest BCUT2D eigenvalue weighted by molar-refractivity contribution is 5.68. The molecule has 1 aliphatic rings. The lowest BCUT2D eigenvalue weighted by atomic mass is 9.97. The third-order valence-corrected chi connectivity index (χ3v) is 3.42. The number of likely N-dealkylation sites (tertiary alicyclic amines) is 1. The van der Waals surface area contributed by atoms with Crippen LogP contribution in [0.4, 0.5) is 4.79 Å². The van der Waals surface area contributed by atoms with Crippen LogP contribution in [-0.4, -0.2) is 36.8 Å². The Labute approximate surface area is 120 Å². The molecule has 1 aromatic rings. The molecular weight excluding hydrogens is 254 g/mol. The summed E-state index contributed by atoms with van der Waals surface area (Å²) in [5.74, 6) is 1.21. The Kier molecular flexibility index (Phi) is 4.21. The first-order valence-electron chi connectivity index (χ1n) is 7.01. The second kappa shape index (κ2) is 5.73. The molecule has 0 N–H and O–H groups in total. The van der Waals surface area contributed by atoms with Gasteiger partial charge in [-0.15, -0.1) is 0 Å². The summed E-state index contributed by atoms with van der Waals surface area (Å²) in [5.41, 5.74) is 0.723. The molecule has 0 aromatic heterocycles. The SMILES string of the molecule is COc1ccccc1C1CCN(C(=O)OC(C)(C)C)C1. The number of amides is 1. The Morgan fingerprint density at radius 1 is 1.30 bits per heavy atom. The summed E-state index contributed by atoms with van der Waals surface area (Å²) < 4.78 is 10.8. The Morgan fingerprint density at radius 3 is 2.65 bits per heavy atom. The van der Waals surface area contributed by atoms with Crippen molar-refractivity contribution in [2.45, 2.75) is 38.7 Å². The molecule has 1 aliphatic heterocycles. The summed E-state index contributed by atoms with van der Waals surface area (Å²) >= 11 is 0. The standard InChI is InChI=1S/C16H23NO3/c1-16(2,3)20-15(18)17-10-9-12(11-17)13-7-5-6-8-14(13)19-4/h5-8,12H,9-11H2,1-4H3. The maximum Gasteiger partial charge on any atom is 0.410 e. The van der Waals surface area contributed by atoms with Gasteiger partial charge in [-0.05, 0) is 38.8 Å². The molecule has 1 fully saturated rings. The Bertz CT molecular complexity index is 479. The van der Waals surface area contributed by atoms with Gasteiger partial charge < -0.3 is 14.4 Å². The summed E-state index contributed by atoms with van der Waals surface area (Å²) in [6.07, 6.45) is 0.717. The molecule has 4 heteroatoms. The van der Waals surface area contributed by atoms with Gasteiger partial charge in [-0.25, -0.2) is 4.79 Å². The van der Waals surface area contributed by atoms with Gasteiger partial charge in [0.25, 0.3) is 0 Å². The summed E-state index contributed by atoms with van der Waals surface area (Å²) in [6.45, 7) is 7.09. The van der Waals surface area contributed by atoms with Crippen LogP contribution < -0.4 is 4.74 Å². The zero-order valence-electron chi connectivity index (χ0n) is 12.7. The molecule has 4 nitrogen and oxygen atoms in total. The predicted octanol–water partition coefficient (Wildman–Crippen LogP) is 3.42. The lowest BCUT2D eigenvalue weighted by Gasteiger charge is -2.24. The van der Waals surface area contributed by atoms with Gasteiger partial charge in [0.1, 0.15) is 11.4 Å². The van der Waals surface area contributed by atoms with E-state index in [0.29, 0.717) is 12.5 Å². The fourth-order valence-electron chi connectivity index (χ4n) is 2.51. The number of rotatable bonds is 2. The minimum atomic E-state index is -0.445. The first kappa shape index (κ1) is 14.7. The van der Waals surface area contributed by atoms with Crippen LogP contribution in [0.25, 0.3) is 0 Å². The number of ether oxygens (including phenoxy) is 2. The number of carbonyl (C=O) groups is 1. The highest BCUT2D eigenvalue weighted by Gasteiger charge is 2.31. The van der Waals surface area contributed by atoms with E-state index < -0.39 is 5.60 Å². The monoisotopic (exact) mass is 277 g/mol. The minimum Gasteiger partial charge on any atom is -0.496 e. The topological polar surface area (TPSA) is 38.8 Å². The van der Waals surface area contributed by atoms with Crippen LogP contribution in [0.3, 0.4) is 0 Å². The first-order valence-corrected chi connectivity index (χ1v) is 7.01. The number of methoxy groups -OCH3 is 1. The smallest absolute Gasteiger partial charge is 0.410 e. The lowest BCUT2D eigenvalue weighted by molar-refractivity contribution is 0.0292. The molecule has 20 heavy (non-hydrogen) atoms. The van der Waals surface area contributed by atoms with Crippen LogP contribution in [0.1, 0.15) is 38.7 Å². The van der Waals surface area contributed by atoms with Crippen LogP contribution in [0.15, 0.2) is 24.3 Å². The van der Waals surface area contributed by atoms with Gasteiger partial charge in [0, 0.05) is 19.0 Å². The minimum absolute atomic E-state index is 0.227. The average Bonchev–Trinajstić information content (AvgIpc) is 2.86. The van der Waals surface area contributed by atoms with Gasteiger partial charge in [-0.1, -0.05) is 18.2 Å². The second-order valence-electron chi connectivity index (χ2n) is 6.15. The van der Waals surface area contributed by atoms with E-state index in [1.165, 1.54) is 5.56 Å². The highest BCUT2D eigenvalue weighted by atomic mass is 16.6. The Morgan fingerprint density at radius 2 is 2.00 bits per heavy atom. The number of carbonyl (C=O) groups excluding carboxylic acids is 1. The molecule has 0 saturated carbocycles. The normalized spacial score (nSPS) is 19.0. The second-order valence-corrected chi connectivity index (χ2v) is 6.15. The van der Waals surface area contributed by atoms with Crippen molar-refractivity contribution in [3.05, 3.63) is 29.8 Å². The molecule has 1 heterocycles. The van der Waals surface area contributed by atoms with E-state index >= 15 is 0 Å². The predicted molar refractivity (Wildman–Crippen MR) is 78.2 cm³/mol. The van der Waals surface area contributed by atoms with Crippen molar-refractivity contribution >= 4 is 6.09 Å². The van der Waals surface area contributed by atoms with Crippen LogP contribution in [0.5, 0.6) is 5.75 Å². The molecule has 1 atom stereocenters. The number of nitrogens with zero attached hydrogens (tertiary/aromatic N) is 1. The van der Waals surface area contributed by atoms with E-state index in [9.17, 15) is 4.79 Å². The van der Waals surface area contributed by atoms with Crippen molar-refractivity contribution in [1.29, 1.82) is 0 Å². The molecule has 1 aromatic carbocycles. The fraction of sp³-hybridized carbons (Fsp3) is 0.562. The van der Waals surface area contributed by atoms with E-state index in [-0.39, 0.29) is 6.09 Å². The number of benzene rings is 1. The van der Waals surface area contributed by atoms with E-state index in [4.69, 9.17) is 9.47 Å². The molecule has 0 bridgehead atoms. The van der Waals surface area contributed by atoms with E-state index in [2.05, 4.69) is 6.07 Å². The molecule has 1 saturated heterocycles. The van der Waals surface area contributed by atoms with Crippen molar-refractivity contribution in [3.63, 3.8) is 0 Å². The molecule has 0 spiro atoms. The third kappa shape index (κ3) is 3.44. The van der Waals surface area contributed by atoms with Crippen LogP contribution in [-0.2, 0) is 4.74 Å². The van der Waals surface area contributed by atoms with Crippen LogP contribution >= 0.6 is 0 Å². The fourth-order valence-corrected chi connectivity index (χ4v) is 2.51. The lowest BCUT2D eigenvalue weighted by Crippen LogP contribution is -2.35. The molecule has 0 aliphatic carbocycles. The van der Waals surface area contributed by atoms with Gasteiger partial charge in [0.15, 0.2) is 0 Å². The van der Waals surface area contributed by atoms with Gasteiger partial charge in [-0.2, -0.15) is 0 Å². The van der Waals surface area contributed by atoms with Crippen LogP contribution in [0, 0.1) is 0 Å². The first-order chi connectivity index (χ1) is 9.40. The summed E-state index contributed by atoms with van der Waals surface area (Å²) in [4.78, 5) is 13.8. The van der Waals surface area contributed by atoms with Gasteiger partial charge >= 0.3 is 6.09 Å². The summed E-state index contributed by atoms with van der Waals surface area (Å²) in [6, 6.07) is 8.00. The Balaban J connectivity index is 2.04.